The summed E-state index contributed by atoms with van der Waals surface area (Å²) in [4.78, 5) is 0. The maximum Gasteiger partial charge on any atom is 0.136 e. The van der Waals surface area contributed by atoms with Gasteiger partial charge in [0.05, 0.1) is 7.11 Å². The van der Waals surface area contributed by atoms with Crippen LogP contribution >= 0.6 is 0 Å². The van der Waals surface area contributed by atoms with Crippen molar-refractivity contribution in [1.29, 1.82) is 0 Å². The Morgan fingerprint density at radius 1 is 1.23 bits per heavy atom. The normalized spacial score (nSPS) is 15.3. The van der Waals surface area contributed by atoms with Crippen LogP contribution in [0.4, 0.5) is 0 Å². The van der Waals surface area contributed by atoms with Crippen molar-refractivity contribution in [3.8, 4) is 5.75 Å². The lowest BCUT2D eigenvalue weighted by molar-refractivity contribution is 0.0306. The summed E-state index contributed by atoms with van der Waals surface area (Å²) in [6.07, 6.45) is 0.930. The number of rotatable bonds is 7. The third-order valence-electron chi connectivity index (χ3n) is 3.89. The summed E-state index contributed by atoms with van der Waals surface area (Å²) in [6.45, 7) is 6.18. The van der Waals surface area contributed by atoms with Gasteiger partial charge < -0.3 is 19.6 Å². The van der Waals surface area contributed by atoms with E-state index >= 15 is 0 Å². The lowest BCUT2D eigenvalue weighted by atomic mass is 10.0. The molecule has 22 heavy (non-hydrogen) atoms. The highest BCUT2D eigenvalue weighted by atomic mass is 16.5. The maximum absolute atomic E-state index is 10.6. The van der Waals surface area contributed by atoms with Gasteiger partial charge in [-0.15, -0.1) is 0 Å². The second-order valence-corrected chi connectivity index (χ2v) is 5.80. The van der Waals surface area contributed by atoms with Gasteiger partial charge in [-0.2, -0.15) is 0 Å². The molecule has 0 bridgehead atoms. The molecule has 2 unspecified atom stereocenters. The van der Waals surface area contributed by atoms with E-state index in [0.717, 1.165) is 17.9 Å². The molecule has 0 aliphatic heterocycles. The van der Waals surface area contributed by atoms with Crippen molar-refractivity contribution in [2.45, 2.75) is 38.8 Å². The first-order chi connectivity index (χ1) is 10.5. The van der Waals surface area contributed by atoms with Gasteiger partial charge in [-0.1, -0.05) is 19.1 Å². The molecule has 4 nitrogen and oxygen atoms in total. The molecule has 0 aliphatic carbocycles. The van der Waals surface area contributed by atoms with Crippen LogP contribution in [0.3, 0.4) is 0 Å². The molecular weight excluding hydrogens is 278 g/mol. The number of ether oxygens (including phenoxy) is 1. The van der Waals surface area contributed by atoms with Gasteiger partial charge in [0.2, 0.25) is 0 Å². The zero-order valence-corrected chi connectivity index (χ0v) is 13.7. The fourth-order valence-electron chi connectivity index (χ4n) is 2.47. The number of aryl methyl sites for hydroxylation is 1. The summed E-state index contributed by atoms with van der Waals surface area (Å²) in [5, 5.41) is 14.0. The van der Waals surface area contributed by atoms with E-state index in [4.69, 9.17) is 9.15 Å². The molecule has 2 N–H and O–H groups in total. The van der Waals surface area contributed by atoms with Gasteiger partial charge in [-0.05, 0) is 50.1 Å². The van der Waals surface area contributed by atoms with E-state index in [1.54, 1.807) is 14.0 Å². The van der Waals surface area contributed by atoms with Gasteiger partial charge in [0.1, 0.15) is 22.9 Å². The smallest absolute Gasteiger partial charge is 0.136 e. The highest BCUT2D eigenvalue weighted by Crippen LogP contribution is 2.25. The van der Waals surface area contributed by atoms with Crippen LogP contribution < -0.4 is 10.1 Å². The molecule has 0 saturated carbocycles. The van der Waals surface area contributed by atoms with Crippen molar-refractivity contribution in [1.82, 2.24) is 5.32 Å². The Labute approximate surface area is 132 Å². The van der Waals surface area contributed by atoms with Crippen molar-refractivity contribution in [3.05, 3.63) is 53.5 Å². The molecule has 1 heterocycles. The number of methoxy groups -OCH3 is 1. The van der Waals surface area contributed by atoms with Crippen molar-refractivity contribution in [3.63, 3.8) is 0 Å². The third-order valence-corrected chi connectivity index (χ3v) is 3.89. The summed E-state index contributed by atoms with van der Waals surface area (Å²) in [5.41, 5.74) is 0.142. The molecule has 1 aromatic carbocycles. The molecule has 0 spiro atoms. The molecule has 0 amide bonds. The molecule has 0 aliphatic rings. The van der Waals surface area contributed by atoms with Gasteiger partial charge >= 0.3 is 0 Å². The maximum atomic E-state index is 10.6. The van der Waals surface area contributed by atoms with Crippen molar-refractivity contribution in [2.24, 2.45) is 0 Å². The predicted octanol–water partition coefficient (Wildman–Crippen LogP) is 3.55. The summed E-state index contributed by atoms with van der Waals surface area (Å²) in [7, 11) is 1.66. The molecule has 120 valence electrons. The fourth-order valence-corrected chi connectivity index (χ4v) is 2.47. The van der Waals surface area contributed by atoms with E-state index in [2.05, 4.69) is 12.2 Å². The van der Waals surface area contributed by atoms with Crippen LogP contribution in [-0.4, -0.2) is 18.8 Å². The zero-order valence-electron chi connectivity index (χ0n) is 13.7. The highest BCUT2D eigenvalue weighted by molar-refractivity contribution is 5.29. The summed E-state index contributed by atoms with van der Waals surface area (Å²) < 4.78 is 10.7. The van der Waals surface area contributed by atoms with E-state index in [9.17, 15) is 5.11 Å². The van der Waals surface area contributed by atoms with Gasteiger partial charge in [-0.3, -0.25) is 0 Å². The van der Waals surface area contributed by atoms with E-state index in [1.165, 1.54) is 5.56 Å². The number of benzene rings is 1. The van der Waals surface area contributed by atoms with Crippen molar-refractivity contribution < 1.29 is 14.3 Å². The number of hydrogen-bond acceptors (Lipinski definition) is 4. The second-order valence-electron chi connectivity index (χ2n) is 5.80. The topological polar surface area (TPSA) is 54.6 Å². The van der Waals surface area contributed by atoms with E-state index in [1.807, 2.05) is 43.3 Å². The van der Waals surface area contributed by atoms with Crippen LogP contribution in [-0.2, 0) is 5.60 Å². The molecular formula is C18H25NO3. The van der Waals surface area contributed by atoms with E-state index in [0.29, 0.717) is 12.3 Å². The minimum Gasteiger partial charge on any atom is -0.497 e. The first-order valence-corrected chi connectivity index (χ1v) is 7.63. The Morgan fingerprint density at radius 3 is 2.41 bits per heavy atom. The number of nitrogens with one attached hydrogen (secondary N) is 1. The summed E-state index contributed by atoms with van der Waals surface area (Å²) in [6, 6.07) is 11.9. The number of aliphatic hydroxyl groups is 1. The Balaban J connectivity index is 2.03. The Morgan fingerprint density at radius 2 is 1.91 bits per heavy atom. The largest absolute Gasteiger partial charge is 0.497 e. The first kappa shape index (κ1) is 16.6. The molecule has 0 radical (unpaired) electrons. The SMILES string of the molecule is CCC(NCC(C)(O)c1ccc(C)o1)c1ccc(OC)cc1. The molecule has 0 fully saturated rings. The van der Waals surface area contributed by atoms with Gasteiger partial charge in [-0.25, -0.2) is 0 Å². The zero-order chi connectivity index (χ0) is 16.2. The summed E-state index contributed by atoms with van der Waals surface area (Å²) >= 11 is 0. The van der Waals surface area contributed by atoms with Crippen molar-refractivity contribution >= 4 is 0 Å². The Hall–Kier alpha value is -1.78. The van der Waals surface area contributed by atoms with E-state index < -0.39 is 5.60 Å². The van der Waals surface area contributed by atoms with Crippen LogP contribution in [0.1, 0.15) is 43.4 Å². The monoisotopic (exact) mass is 303 g/mol. The van der Waals surface area contributed by atoms with Crippen LogP contribution in [0.25, 0.3) is 0 Å². The second kappa shape index (κ2) is 6.99. The number of furan rings is 1. The average molecular weight is 303 g/mol. The molecule has 1 aromatic heterocycles. The van der Waals surface area contributed by atoms with Crippen LogP contribution in [0.5, 0.6) is 5.75 Å². The van der Waals surface area contributed by atoms with Gasteiger partial charge in [0, 0.05) is 12.6 Å². The lowest BCUT2D eigenvalue weighted by Crippen LogP contribution is -2.37. The van der Waals surface area contributed by atoms with Crippen LogP contribution in [0.15, 0.2) is 40.8 Å². The third kappa shape index (κ3) is 3.90. The minimum absolute atomic E-state index is 0.174. The van der Waals surface area contributed by atoms with E-state index in [-0.39, 0.29) is 6.04 Å². The van der Waals surface area contributed by atoms with Crippen LogP contribution in [0.2, 0.25) is 0 Å². The first-order valence-electron chi connectivity index (χ1n) is 7.63. The Kier molecular flexibility index (Phi) is 5.27. The molecule has 0 saturated heterocycles. The molecule has 2 aromatic rings. The molecule has 4 heteroatoms. The minimum atomic E-state index is -1.03. The molecule has 2 atom stereocenters. The highest BCUT2D eigenvalue weighted by Gasteiger charge is 2.27. The molecule has 2 rings (SSSR count). The Bertz CT molecular complexity index is 587. The van der Waals surface area contributed by atoms with Gasteiger partial charge in [0.15, 0.2) is 0 Å². The average Bonchev–Trinajstić information content (AvgIpc) is 2.96. The summed E-state index contributed by atoms with van der Waals surface area (Å²) in [5.74, 6) is 2.23. The standard InChI is InChI=1S/C18H25NO3/c1-5-16(14-7-9-15(21-4)10-8-14)19-12-18(3,20)17-11-6-13(2)22-17/h6-11,16,19-20H,5,12H2,1-4H3. The van der Waals surface area contributed by atoms with Crippen LogP contribution in [0, 0.1) is 6.92 Å². The quantitative estimate of drug-likeness (QED) is 0.821. The number of hydrogen-bond donors (Lipinski definition) is 2. The van der Waals surface area contributed by atoms with Gasteiger partial charge in [0.25, 0.3) is 0 Å². The lowest BCUT2D eigenvalue weighted by Gasteiger charge is -2.25. The van der Waals surface area contributed by atoms with Crippen molar-refractivity contribution in [2.75, 3.05) is 13.7 Å². The predicted molar refractivity (Wildman–Crippen MR) is 87.0 cm³/mol. The fraction of sp³-hybridized carbons (Fsp3) is 0.444.